The smallest absolute Gasteiger partial charge is 0.231 e. The zero-order valence-electron chi connectivity index (χ0n) is 15.7. The molecule has 2 fully saturated rings. The van der Waals surface area contributed by atoms with Gasteiger partial charge in [-0.05, 0) is 36.3 Å². The number of fused-ring (bicyclic) bond motifs is 1. The number of amides is 1. The van der Waals surface area contributed by atoms with E-state index in [1.54, 1.807) is 7.11 Å². The SMILES string of the molecule is COCC1(C(=O)N2CCCN(Cc3cccc4cc[nH]c34)CC2)CCC1. The average molecular weight is 355 g/mol. The number of nitrogens with zero attached hydrogens (tertiary/aromatic N) is 2. The van der Waals surface area contributed by atoms with Gasteiger partial charge in [-0.3, -0.25) is 9.69 Å². The van der Waals surface area contributed by atoms with E-state index >= 15 is 0 Å². The summed E-state index contributed by atoms with van der Waals surface area (Å²) in [5.41, 5.74) is 2.33. The van der Waals surface area contributed by atoms with E-state index in [2.05, 4.69) is 39.0 Å². The maximum atomic E-state index is 13.1. The maximum Gasteiger partial charge on any atom is 0.231 e. The topological polar surface area (TPSA) is 48.6 Å². The first-order chi connectivity index (χ1) is 12.7. The monoisotopic (exact) mass is 355 g/mol. The predicted molar refractivity (Wildman–Crippen MR) is 103 cm³/mol. The van der Waals surface area contributed by atoms with Gasteiger partial charge in [0.1, 0.15) is 0 Å². The Morgan fingerprint density at radius 3 is 2.81 bits per heavy atom. The molecular weight excluding hydrogens is 326 g/mol. The summed E-state index contributed by atoms with van der Waals surface area (Å²) in [5, 5.41) is 1.26. The van der Waals surface area contributed by atoms with Gasteiger partial charge in [0.25, 0.3) is 0 Å². The van der Waals surface area contributed by atoms with E-state index in [0.717, 1.165) is 58.4 Å². The van der Waals surface area contributed by atoms with E-state index in [4.69, 9.17) is 4.74 Å². The standard InChI is InChI=1S/C21H29N3O2/c1-26-16-21(8-3-9-21)20(25)24-12-4-11-23(13-14-24)15-18-6-2-5-17-7-10-22-19(17)18/h2,5-7,10,22H,3-4,8-9,11-16H2,1H3. The molecule has 0 spiro atoms. The van der Waals surface area contributed by atoms with Gasteiger partial charge in [0.05, 0.1) is 12.0 Å². The van der Waals surface area contributed by atoms with Gasteiger partial charge in [-0.2, -0.15) is 0 Å². The molecule has 26 heavy (non-hydrogen) atoms. The fraction of sp³-hybridized carbons (Fsp3) is 0.571. The largest absolute Gasteiger partial charge is 0.384 e. The number of hydrogen-bond acceptors (Lipinski definition) is 3. The number of aromatic nitrogens is 1. The Morgan fingerprint density at radius 1 is 1.15 bits per heavy atom. The van der Waals surface area contributed by atoms with Crippen molar-refractivity contribution in [2.45, 2.75) is 32.2 Å². The van der Waals surface area contributed by atoms with E-state index in [0.29, 0.717) is 12.5 Å². The third kappa shape index (κ3) is 3.26. The van der Waals surface area contributed by atoms with Gasteiger partial charge in [0.2, 0.25) is 5.91 Å². The lowest BCUT2D eigenvalue weighted by atomic mass is 9.68. The molecular formula is C21H29N3O2. The van der Waals surface area contributed by atoms with Crippen LogP contribution in [0, 0.1) is 5.41 Å². The van der Waals surface area contributed by atoms with Crippen LogP contribution in [0.5, 0.6) is 0 Å². The number of ether oxygens (including phenoxy) is 1. The Balaban J connectivity index is 1.40. The van der Waals surface area contributed by atoms with E-state index in [1.807, 2.05) is 6.20 Å². The quantitative estimate of drug-likeness (QED) is 0.897. The summed E-state index contributed by atoms with van der Waals surface area (Å²) in [6.07, 6.45) is 6.15. The molecule has 5 nitrogen and oxygen atoms in total. The van der Waals surface area contributed by atoms with Crippen molar-refractivity contribution in [2.24, 2.45) is 5.41 Å². The zero-order chi connectivity index (χ0) is 18.0. The number of H-pyrrole nitrogens is 1. The summed E-state index contributed by atoms with van der Waals surface area (Å²) in [6, 6.07) is 8.60. The lowest BCUT2D eigenvalue weighted by molar-refractivity contribution is -0.152. The maximum absolute atomic E-state index is 13.1. The number of carbonyl (C=O) groups excluding carboxylic acids is 1. The summed E-state index contributed by atoms with van der Waals surface area (Å²) in [7, 11) is 1.71. The molecule has 4 rings (SSSR count). The first kappa shape index (κ1) is 17.6. The van der Waals surface area contributed by atoms with Gasteiger partial charge >= 0.3 is 0 Å². The van der Waals surface area contributed by atoms with Crippen molar-refractivity contribution in [2.75, 3.05) is 39.9 Å². The lowest BCUT2D eigenvalue weighted by Gasteiger charge is -2.42. The molecule has 1 amide bonds. The normalized spacial score (nSPS) is 20.7. The molecule has 2 aliphatic rings. The zero-order valence-corrected chi connectivity index (χ0v) is 15.7. The second kappa shape index (κ2) is 7.41. The first-order valence-corrected chi connectivity index (χ1v) is 9.77. The molecule has 5 heteroatoms. The van der Waals surface area contributed by atoms with Crippen LogP contribution in [0.1, 0.15) is 31.2 Å². The number of rotatable bonds is 5. The average Bonchev–Trinajstić information content (AvgIpc) is 2.98. The van der Waals surface area contributed by atoms with Crippen LogP contribution in [0.15, 0.2) is 30.5 Å². The Labute approximate surface area is 155 Å². The Kier molecular flexibility index (Phi) is 5.00. The van der Waals surface area contributed by atoms with Crippen LogP contribution in [0.2, 0.25) is 0 Å². The summed E-state index contributed by atoms with van der Waals surface area (Å²) >= 11 is 0. The van der Waals surface area contributed by atoms with Gasteiger partial charge in [-0.1, -0.05) is 24.6 Å². The van der Waals surface area contributed by atoms with Gasteiger partial charge in [-0.25, -0.2) is 0 Å². The van der Waals surface area contributed by atoms with Gasteiger partial charge in [0.15, 0.2) is 0 Å². The first-order valence-electron chi connectivity index (χ1n) is 9.77. The lowest BCUT2D eigenvalue weighted by Crippen LogP contribution is -2.51. The van der Waals surface area contributed by atoms with Crippen LogP contribution in [-0.4, -0.2) is 60.6 Å². The van der Waals surface area contributed by atoms with Crippen molar-refractivity contribution in [3.05, 3.63) is 36.0 Å². The van der Waals surface area contributed by atoms with E-state index < -0.39 is 0 Å². The highest BCUT2D eigenvalue weighted by Gasteiger charge is 2.46. The number of nitrogens with one attached hydrogen (secondary N) is 1. The minimum atomic E-state index is -0.236. The van der Waals surface area contributed by atoms with Gasteiger partial charge in [-0.15, -0.1) is 0 Å². The van der Waals surface area contributed by atoms with Gasteiger partial charge in [0, 0.05) is 51.5 Å². The molecule has 1 saturated carbocycles. The highest BCUT2D eigenvalue weighted by atomic mass is 16.5. The molecule has 2 heterocycles. The van der Waals surface area contributed by atoms with Crippen molar-refractivity contribution >= 4 is 16.8 Å². The summed E-state index contributed by atoms with van der Waals surface area (Å²) in [4.78, 5) is 21.0. The van der Waals surface area contributed by atoms with Crippen molar-refractivity contribution < 1.29 is 9.53 Å². The summed E-state index contributed by atoms with van der Waals surface area (Å²) < 4.78 is 5.36. The van der Waals surface area contributed by atoms with Crippen LogP contribution < -0.4 is 0 Å². The number of para-hydroxylation sites is 1. The number of methoxy groups -OCH3 is 1. The number of hydrogen-bond donors (Lipinski definition) is 1. The molecule has 1 aromatic carbocycles. The molecule has 1 N–H and O–H groups in total. The molecule has 0 atom stereocenters. The summed E-state index contributed by atoms with van der Waals surface area (Å²) in [6.45, 7) is 5.17. The fourth-order valence-electron chi connectivity index (χ4n) is 4.49. The molecule has 1 aromatic heterocycles. The second-order valence-corrected chi connectivity index (χ2v) is 7.85. The van der Waals surface area contributed by atoms with Crippen LogP contribution >= 0.6 is 0 Å². The number of benzene rings is 1. The van der Waals surface area contributed by atoms with Crippen LogP contribution in [0.25, 0.3) is 10.9 Å². The number of carbonyl (C=O) groups is 1. The third-order valence-corrected chi connectivity index (χ3v) is 6.13. The van der Waals surface area contributed by atoms with Gasteiger partial charge < -0.3 is 14.6 Å². The van der Waals surface area contributed by atoms with E-state index in [1.165, 1.54) is 16.5 Å². The number of aromatic amines is 1. The van der Waals surface area contributed by atoms with Crippen molar-refractivity contribution in [1.29, 1.82) is 0 Å². The Hall–Kier alpha value is -1.85. The second-order valence-electron chi connectivity index (χ2n) is 7.85. The highest BCUT2D eigenvalue weighted by molar-refractivity contribution is 5.84. The molecule has 140 valence electrons. The predicted octanol–water partition coefficient (Wildman–Crippen LogP) is 3.02. The van der Waals surface area contributed by atoms with Crippen molar-refractivity contribution in [1.82, 2.24) is 14.8 Å². The highest BCUT2D eigenvalue weighted by Crippen LogP contribution is 2.42. The summed E-state index contributed by atoms with van der Waals surface area (Å²) in [5.74, 6) is 0.318. The fourth-order valence-corrected chi connectivity index (χ4v) is 4.49. The Morgan fingerprint density at radius 2 is 2.04 bits per heavy atom. The Bertz CT molecular complexity index is 765. The minimum absolute atomic E-state index is 0.236. The molecule has 0 radical (unpaired) electrons. The van der Waals surface area contributed by atoms with E-state index in [9.17, 15) is 4.79 Å². The van der Waals surface area contributed by atoms with Crippen LogP contribution in [-0.2, 0) is 16.1 Å². The molecule has 1 aliphatic carbocycles. The third-order valence-electron chi connectivity index (χ3n) is 6.13. The minimum Gasteiger partial charge on any atom is -0.384 e. The molecule has 2 aromatic rings. The van der Waals surface area contributed by atoms with Crippen molar-refractivity contribution in [3.8, 4) is 0 Å². The van der Waals surface area contributed by atoms with E-state index in [-0.39, 0.29) is 5.41 Å². The molecule has 0 bridgehead atoms. The molecule has 1 saturated heterocycles. The van der Waals surface area contributed by atoms with Crippen molar-refractivity contribution in [3.63, 3.8) is 0 Å². The van der Waals surface area contributed by atoms with Crippen LogP contribution in [0.3, 0.4) is 0 Å². The molecule has 0 unspecified atom stereocenters. The molecule has 1 aliphatic heterocycles. The van der Waals surface area contributed by atoms with Crippen LogP contribution in [0.4, 0.5) is 0 Å².